The first-order valence-electron chi connectivity index (χ1n) is 4.85. The standard InChI is InChI=1S/C13H10Cl2O/c1-9-3-2-4-12(13(9)15)16-11-7-5-10(14)6-8-11/h2-8H,1H3. The van der Waals surface area contributed by atoms with Gasteiger partial charge in [0.25, 0.3) is 0 Å². The van der Waals surface area contributed by atoms with Gasteiger partial charge in [0.15, 0.2) is 0 Å². The van der Waals surface area contributed by atoms with E-state index >= 15 is 0 Å². The number of ether oxygens (including phenoxy) is 1. The van der Waals surface area contributed by atoms with E-state index in [1.807, 2.05) is 25.1 Å². The van der Waals surface area contributed by atoms with Crippen LogP contribution < -0.4 is 4.74 Å². The van der Waals surface area contributed by atoms with Crippen LogP contribution in [0.2, 0.25) is 10.0 Å². The van der Waals surface area contributed by atoms with Gasteiger partial charge in [0, 0.05) is 5.02 Å². The third kappa shape index (κ3) is 2.49. The third-order valence-corrected chi connectivity index (χ3v) is 2.93. The molecule has 0 aliphatic carbocycles. The maximum absolute atomic E-state index is 6.12. The lowest BCUT2D eigenvalue weighted by Crippen LogP contribution is -1.86. The molecule has 0 unspecified atom stereocenters. The molecule has 0 atom stereocenters. The molecule has 0 N–H and O–H groups in total. The molecule has 0 aliphatic heterocycles. The van der Waals surface area contributed by atoms with E-state index < -0.39 is 0 Å². The highest BCUT2D eigenvalue weighted by Crippen LogP contribution is 2.31. The van der Waals surface area contributed by atoms with Crippen LogP contribution in [0, 0.1) is 6.92 Å². The molecule has 3 heteroatoms. The Morgan fingerprint density at radius 1 is 0.938 bits per heavy atom. The van der Waals surface area contributed by atoms with Gasteiger partial charge in [0.05, 0.1) is 5.02 Å². The van der Waals surface area contributed by atoms with Crippen molar-refractivity contribution in [3.63, 3.8) is 0 Å². The summed E-state index contributed by atoms with van der Waals surface area (Å²) < 4.78 is 5.65. The summed E-state index contributed by atoms with van der Waals surface area (Å²) in [5.74, 6) is 1.38. The molecule has 2 aromatic carbocycles. The van der Waals surface area contributed by atoms with Crippen LogP contribution >= 0.6 is 23.2 Å². The summed E-state index contributed by atoms with van der Waals surface area (Å²) in [6.45, 7) is 1.94. The van der Waals surface area contributed by atoms with Gasteiger partial charge in [-0.25, -0.2) is 0 Å². The Kier molecular flexibility index (Phi) is 3.37. The molecule has 0 heterocycles. The molecule has 0 saturated heterocycles. The van der Waals surface area contributed by atoms with Crippen LogP contribution in [0.4, 0.5) is 0 Å². The molecular formula is C13H10Cl2O. The molecule has 0 amide bonds. The van der Waals surface area contributed by atoms with Crippen LogP contribution in [0.5, 0.6) is 11.5 Å². The van der Waals surface area contributed by atoms with Crippen molar-refractivity contribution in [2.24, 2.45) is 0 Å². The van der Waals surface area contributed by atoms with Crippen molar-refractivity contribution >= 4 is 23.2 Å². The Bertz CT molecular complexity index is 492. The second-order valence-electron chi connectivity index (χ2n) is 3.44. The fourth-order valence-electron chi connectivity index (χ4n) is 1.33. The number of hydrogen-bond donors (Lipinski definition) is 0. The minimum atomic E-state index is 0.637. The minimum Gasteiger partial charge on any atom is -0.456 e. The Hall–Kier alpha value is -1.18. The van der Waals surface area contributed by atoms with E-state index in [9.17, 15) is 0 Å². The van der Waals surface area contributed by atoms with Crippen molar-refractivity contribution < 1.29 is 4.74 Å². The highest BCUT2D eigenvalue weighted by molar-refractivity contribution is 6.32. The van der Waals surface area contributed by atoms with Crippen LogP contribution in [-0.4, -0.2) is 0 Å². The molecule has 0 spiro atoms. The van der Waals surface area contributed by atoms with Gasteiger partial charge in [0.2, 0.25) is 0 Å². The lowest BCUT2D eigenvalue weighted by atomic mass is 10.2. The summed E-state index contributed by atoms with van der Waals surface area (Å²) in [5.41, 5.74) is 0.994. The number of benzene rings is 2. The second kappa shape index (κ2) is 4.77. The van der Waals surface area contributed by atoms with Crippen LogP contribution in [0.15, 0.2) is 42.5 Å². The van der Waals surface area contributed by atoms with E-state index in [4.69, 9.17) is 27.9 Å². The van der Waals surface area contributed by atoms with E-state index in [0.29, 0.717) is 15.8 Å². The number of hydrogen-bond acceptors (Lipinski definition) is 1. The highest BCUT2D eigenvalue weighted by atomic mass is 35.5. The van der Waals surface area contributed by atoms with Crippen LogP contribution in [0.1, 0.15) is 5.56 Å². The van der Waals surface area contributed by atoms with Crippen molar-refractivity contribution in [2.75, 3.05) is 0 Å². The van der Waals surface area contributed by atoms with Gasteiger partial charge in [-0.15, -0.1) is 0 Å². The molecule has 0 aromatic heterocycles. The molecule has 0 saturated carbocycles. The van der Waals surface area contributed by atoms with Gasteiger partial charge in [-0.1, -0.05) is 35.3 Å². The summed E-state index contributed by atoms with van der Waals surface area (Å²) in [7, 11) is 0. The Labute approximate surface area is 105 Å². The molecule has 2 aromatic rings. The zero-order valence-electron chi connectivity index (χ0n) is 8.71. The molecule has 1 nitrogen and oxygen atoms in total. The van der Waals surface area contributed by atoms with Gasteiger partial charge < -0.3 is 4.74 Å². The molecule has 0 bridgehead atoms. The van der Waals surface area contributed by atoms with E-state index in [0.717, 1.165) is 11.3 Å². The Balaban J connectivity index is 2.27. The monoisotopic (exact) mass is 252 g/mol. The molecular weight excluding hydrogens is 243 g/mol. The third-order valence-electron chi connectivity index (χ3n) is 2.20. The van der Waals surface area contributed by atoms with Crippen LogP contribution in [0.3, 0.4) is 0 Å². The lowest BCUT2D eigenvalue weighted by molar-refractivity contribution is 0.482. The number of aryl methyl sites for hydroxylation is 1. The van der Waals surface area contributed by atoms with Crippen molar-refractivity contribution in [1.82, 2.24) is 0 Å². The lowest BCUT2D eigenvalue weighted by Gasteiger charge is -2.08. The average molecular weight is 253 g/mol. The average Bonchev–Trinajstić information content (AvgIpc) is 2.28. The van der Waals surface area contributed by atoms with Gasteiger partial charge in [-0.2, -0.15) is 0 Å². The quantitative estimate of drug-likeness (QED) is 0.723. The Morgan fingerprint density at radius 2 is 1.62 bits per heavy atom. The second-order valence-corrected chi connectivity index (χ2v) is 4.26. The number of rotatable bonds is 2. The maximum Gasteiger partial charge on any atom is 0.146 e. The largest absolute Gasteiger partial charge is 0.456 e. The topological polar surface area (TPSA) is 9.23 Å². The molecule has 82 valence electrons. The SMILES string of the molecule is Cc1cccc(Oc2ccc(Cl)cc2)c1Cl. The van der Waals surface area contributed by atoms with E-state index in [1.165, 1.54) is 0 Å². The first-order valence-corrected chi connectivity index (χ1v) is 5.61. The van der Waals surface area contributed by atoms with Crippen molar-refractivity contribution in [1.29, 1.82) is 0 Å². The summed E-state index contributed by atoms with van der Waals surface area (Å²) >= 11 is 11.9. The fraction of sp³-hybridized carbons (Fsp3) is 0.0769. The summed E-state index contributed by atoms with van der Waals surface area (Å²) in [5, 5.41) is 1.32. The maximum atomic E-state index is 6.12. The molecule has 0 aliphatic rings. The summed E-state index contributed by atoms with van der Waals surface area (Å²) in [4.78, 5) is 0. The minimum absolute atomic E-state index is 0.637. The smallest absolute Gasteiger partial charge is 0.146 e. The zero-order chi connectivity index (χ0) is 11.5. The van der Waals surface area contributed by atoms with Gasteiger partial charge in [0.1, 0.15) is 11.5 Å². The molecule has 0 fully saturated rings. The van der Waals surface area contributed by atoms with Gasteiger partial charge in [-0.05, 0) is 42.8 Å². The zero-order valence-corrected chi connectivity index (χ0v) is 10.2. The van der Waals surface area contributed by atoms with Gasteiger partial charge >= 0.3 is 0 Å². The normalized spacial score (nSPS) is 10.2. The predicted molar refractivity (Wildman–Crippen MR) is 67.7 cm³/mol. The highest BCUT2D eigenvalue weighted by Gasteiger charge is 2.04. The fourth-order valence-corrected chi connectivity index (χ4v) is 1.62. The van der Waals surface area contributed by atoms with Crippen molar-refractivity contribution in [3.8, 4) is 11.5 Å². The first kappa shape index (κ1) is 11.3. The van der Waals surface area contributed by atoms with Crippen molar-refractivity contribution in [2.45, 2.75) is 6.92 Å². The van der Waals surface area contributed by atoms with Crippen LogP contribution in [0.25, 0.3) is 0 Å². The Morgan fingerprint density at radius 3 is 2.31 bits per heavy atom. The summed E-state index contributed by atoms with van der Waals surface area (Å²) in [6, 6.07) is 12.9. The van der Waals surface area contributed by atoms with E-state index in [1.54, 1.807) is 24.3 Å². The van der Waals surface area contributed by atoms with Crippen LogP contribution in [-0.2, 0) is 0 Å². The number of halogens is 2. The molecule has 2 rings (SSSR count). The van der Waals surface area contributed by atoms with E-state index in [2.05, 4.69) is 0 Å². The van der Waals surface area contributed by atoms with Crippen molar-refractivity contribution in [3.05, 3.63) is 58.1 Å². The van der Waals surface area contributed by atoms with Gasteiger partial charge in [-0.3, -0.25) is 0 Å². The first-order chi connectivity index (χ1) is 7.66. The predicted octanol–water partition coefficient (Wildman–Crippen LogP) is 5.09. The van der Waals surface area contributed by atoms with E-state index in [-0.39, 0.29) is 0 Å². The summed E-state index contributed by atoms with van der Waals surface area (Å²) in [6.07, 6.45) is 0. The molecule has 0 radical (unpaired) electrons. The molecule has 16 heavy (non-hydrogen) atoms.